The second-order valence-corrected chi connectivity index (χ2v) is 8.65. The molecular weight excluding hydrogens is 448 g/mol. The van der Waals surface area contributed by atoms with Crippen molar-refractivity contribution in [2.45, 2.75) is 40.0 Å². The number of hydrogen-bond acceptors (Lipinski definition) is 4. The highest BCUT2D eigenvalue weighted by Gasteiger charge is 2.11. The number of nitrogens with zero attached hydrogens (tertiary/aromatic N) is 4. The number of amides is 2. The van der Waals surface area contributed by atoms with Crippen LogP contribution in [0.3, 0.4) is 0 Å². The van der Waals surface area contributed by atoms with E-state index in [1.807, 2.05) is 66.7 Å². The molecule has 0 bridgehead atoms. The maximum atomic E-state index is 11.7. The molecule has 3 rings (SSSR count). The third-order valence-electron chi connectivity index (χ3n) is 6.11. The number of hydrogen-bond donors (Lipinski definition) is 0. The Bertz CT molecular complexity index is 1230. The molecular formula is C30H34N4O2. The Kier molecular flexibility index (Phi) is 9.28. The third kappa shape index (κ3) is 7.22. The zero-order valence-corrected chi connectivity index (χ0v) is 21.7. The SMILES string of the molecule is CCC(=Nc1ccc(N(C)C(C)=O)cc1)C(CCc1ccccc1)=Nc1ccc(N(C)C(C)=O)cc1. The van der Waals surface area contributed by atoms with Gasteiger partial charge in [-0.3, -0.25) is 19.6 Å². The summed E-state index contributed by atoms with van der Waals surface area (Å²) in [5.74, 6) is -0.0351. The Morgan fingerprint density at radius 1 is 0.667 bits per heavy atom. The zero-order valence-electron chi connectivity index (χ0n) is 21.7. The molecule has 6 nitrogen and oxygen atoms in total. The number of carbonyl (C=O) groups is 2. The Balaban J connectivity index is 1.93. The van der Waals surface area contributed by atoms with Crippen LogP contribution in [0.4, 0.5) is 22.7 Å². The van der Waals surface area contributed by atoms with E-state index in [2.05, 4.69) is 19.1 Å². The number of carbonyl (C=O) groups excluding carboxylic acids is 2. The number of rotatable bonds is 9. The lowest BCUT2D eigenvalue weighted by molar-refractivity contribution is -0.117. The van der Waals surface area contributed by atoms with Crippen LogP contribution in [-0.2, 0) is 16.0 Å². The second kappa shape index (κ2) is 12.6. The quantitative estimate of drug-likeness (QED) is 0.325. The van der Waals surface area contributed by atoms with Crippen LogP contribution >= 0.6 is 0 Å². The van der Waals surface area contributed by atoms with E-state index in [4.69, 9.17) is 9.98 Å². The molecule has 36 heavy (non-hydrogen) atoms. The molecule has 2 amide bonds. The minimum atomic E-state index is -0.0179. The Morgan fingerprint density at radius 3 is 1.53 bits per heavy atom. The fourth-order valence-electron chi connectivity index (χ4n) is 3.70. The van der Waals surface area contributed by atoms with E-state index >= 15 is 0 Å². The van der Waals surface area contributed by atoms with Crippen molar-refractivity contribution in [2.24, 2.45) is 9.98 Å². The van der Waals surface area contributed by atoms with Gasteiger partial charge in [0.05, 0.1) is 22.8 Å². The first-order chi connectivity index (χ1) is 17.3. The van der Waals surface area contributed by atoms with Crippen molar-refractivity contribution in [3.8, 4) is 0 Å². The molecule has 6 heteroatoms. The Morgan fingerprint density at radius 2 is 1.11 bits per heavy atom. The lowest BCUT2D eigenvalue weighted by Gasteiger charge is -2.15. The average molecular weight is 483 g/mol. The highest BCUT2D eigenvalue weighted by molar-refractivity contribution is 6.43. The van der Waals surface area contributed by atoms with Crippen LogP contribution < -0.4 is 9.80 Å². The summed E-state index contributed by atoms with van der Waals surface area (Å²) in [6.45, 7) is 5.17. The summed E-state index contributed by atoms with van der Waals surface area (Å²) in [6.07, 6.45) is 2.33. The monoisotopic (exact) mass is 482 g/mol. The van der Waals surface area contributed by atoms with Crippen molar-refractivity contribution in [1.29, 1.82) is 0 Å². The van der Waals surface area contributed by atoms with Crippen molar-refractivity contribution in [3.05, 3.63) is 84.4 Å². The second-order valence-electron chi connectivity index (χ2n) is 8.65. The van der Waals surface area contributed by atoms with Crippen LogP contribution in [0.1, 0.15) is 39.2 Å². The molecule has 0 aliphatic heterocycles. The van der Waals surface area contributed by atoms with Crippen molar-refractivity contribution >= 4 is 46.0 Å². The van der Waals surface area contributed by atoms with Crippen molar-refractivity contribution in [3.63, 3.8) is 0 Å². The van der Waals surface area contributed by atoms with Crippen molar-refractivity contribution < 1.29 is 9.59 Å². The van der Waals surface area contributed by atoms with Crippen LogP contribution in [0.5, 0.6) is 0 Å². The van der Waals surface area contributed by atoms with Crippen LogP contribution in [0.25, 0.3) is 0 Å². The molecule has 0 saturated heterocycles. The first-order valence-corrected chi connectivity index (χ1v) is 12.2. The van der Waals surface area contributed by atoms with Crippen LogP contribution in [0, 0.1) is 0 Å². The minimum absolute atomic E-state index is 0.0173. The number of aryl methyl sites for hydroxylation is 1. The highest BCUT2D eigenvalue weighted by atomic mass is 16.2. The normalized spacial score (nSPS) is 11.8. The molecule has 186 valence electrons. The Hall–Kier alpha value is -4.06. The van der Waals surface area contributed by atoms with E-state index in [1.54, 1.807) is 37.7 Å². The molecule has 0 N–H and O–H groups in total. The Labute approximate surface area is 214 Å². The van der Waals surface area contributed by atoms with Gasteiger partial charge in [-0.25, -0.2) is 0 Å². The summed E-state index contributed by atoms with van der Waals surface area (Å²) in [4.78, 5) is 36.5. The summed E-state index contributed by atoms with van der Waals surface area (Å²) in [5.41, 5.74) is 6.38. The topological polar surface area (TPSA) is 65.3 Å². The summed E-state index contributed by atoms with van der Waals surface area (Å²) >= 11 is 0. The van der Waals surface area contributed by atoms with E-state index in [9.17, 15) is 9.59 Å². The lowest BCUT2D eigenvalue weighted by atomic mass is 10.0. The average Bonchev–Trinajstić information content (AvgIpc) is 2.90. The minimum Gasteiger partial charge on any atom is -0.316 e. The summed E-state index contributed by atoms with van der Waals surface area (Å²) in [5, 5.41) is 0. The largest absolute Gasteiger partial charge is 0.316 e. The van der Waals surface area contributed by atoms with Gasteiger partial charge in [0.2, 0.25) is 11.8 Å². The van der Waals surface area contributed by atoms with Gasteiger partial charge in [-0.1, -0.05) is 37.3 Å². The van der Waals surface area contributed by atoms with E-state index < -0.39 is 0 Å². The van der Waals surface area contributed by atoms with Gasteiger partial charge in [0, 0.05) is 39.3 Å². The maximum absolute atomic E-state index is 11.7. The predicted molar refractivity (Wildman–Crippen MR) is 150 cm³/mol. The molecule has 3 aromatic rings. The smallest absolute Gasteiger partial charge is 0.223 e. The molecule has 0 unspecified atom stereocenters. The molecule has 0 heterocycles. The molecule has 0 aromatic heterocycles. The fourth-order valence-corrected chi connectivity index (χ4v) is 3.70. The molecule has 0 atom stereocenters. The highest BCUT2D eigenvalue weighted by Crippen LogP contribution is 2.23. The van der Waals surface area contributed by atoms with Gasteiger partial charge in [-0.2, -0.15) is 0 Å². The molecule has 0 fully saturated rings. The van der Waals surface area contributed by atoms with Gasteiger partial charge >= 0.3 is 0 Å². The van der Waals surface area contributed by atoms with Crippen molar-refractivity contribution in [2.75, 3.05) is 23.9 Å². The standard InChI is InChI=1S/C30H34N4O2/c1-6-29(31-25-13-17-27(18-14-25)33(4)22(2)35)30(21-12-24-10-8-7-9-11-24)32-26-15-19-28(20-16-26)34(5)23(3)36/h7-11,13-20H,6,12,21H2,1-5H3. The predicted octanol–water partition coefficient (Wildman–Crippen LogP) is 6.54. The van der Waals surface area contributed by atoms with Crippen LogP contribution in [0.15, 0.2) is 88.8 Å². The van der Waals surface area contributed by atoms with Gasteiger partial charge in [0.25, 0.3) is 0 Å². The molecule has 3 aromatic carbocycles. The van der Waals surface area contributed by atoms with Crippen LogP contribution in [0.2, 0.25) is 0 Å². The summed E-state index contributed by atoms with van der Waals surface area (Å²) in [7, 11) is 3.51. The first-order valence-electron chi connectivity index (χ1n) is 12.2. The lowest BCUT2D eigenvalue weighted by Crippen LogP contribution is -2.22. The van der Waals surface area contributed by atoms with Gasteiger partial charge in [-0.15, -0.1) is 0 Å². The van der Waals surface area contributed by atoms with E-state index in [-0.39, 0.29) is 11.8 Å². The maximum Gasteiger partial charge on any atom is 0.223 e. The van der Waals surface area contributed by atoms with E-state index in [0.717, 1.165) is 53.4 Å². The molecule has 0 spiro atoms. The van der Waals surface area contributed by atoms with Gasteiger partial charge in [-0.05, 0) is 73.4 Å². The van der Waals surface area contributed by atoms with Gasteiger partial charge in [0.1, 0.15) is 0 Å². The molecule has 0 radical (unpaired) electrons. The number of aliphatic imine (C=N–C) groups is 2. The van der Waals surface area contributed by atoms with Crippen LogP contribution in [-0.4, -0.2) is 37.3 Å². The van der Waals surface area contributed by atoms with Crippen molar-refractivity contribution in [1.82, 2.24) is 0 Å². The third-order valence-corrected chi connectivity index (χ3v) is 6.11. The van der Waals surface area contributed by atoms with E-state index in [1.165, 1.54) is 5.56 Å². The zero-order chi connectivity index (χ0) is 26.1. The summed E-state index contributed by atoms with van der Waals surface area (Å²) < 4.78 is 0. The van der Waals surface area contributed by atoms with Gasteiger partial charge in [0.15, 0.2) is 0 Å². The molecule has 0 aliphatic rings. The number of anilines is 2. The number of benzene rings is 3. The summed E-state index contributed by atoms with van der Waals surface area (Å²) in [6, 6.07) is 25.7. The molecule has 0 saturated carbocycles. The van der Waals surface area contributed by atoms with Gasteiger partial charge < -0.3 is 9.80 Å². The fraction of sp³-hybridized carbons (Fsp3) is 0.267. The first kappa shape index (κ1) is 26.5. The molecule has 0 aliphatic carbocycles. The van der Waals surface area contributed by atoms with E-state index in [0.29, 0.717) is 0 Å².